The molecule has 22 heavy (non-hydrogen) atoms. The third kappa shape index (κ3) is 2.15. The minimum atomic E-state index is 0.652. The number of para-hydroxylation sites is 2. The standard InChI is InChI=1S/C15H11N5OS/c1-21-10-6-8-11(9-7-10)22-15-14-17-18-19-20(14)13-5-3-2-4-12(13)16-15/h2-9H,1H3. The van der Waals surface area contributed by atoms with Gasteiger partial charge < -0.3 is 4.74 Å². The minimum absolute atomic E-state index is 0.652. The fourth-order valence-corrected chi connectivity index (χ4v) is 3.06. The zero-order chi connectivity index (χ0) is 14.9. The number of ether oxygens (including phenoxy) is 1. The van der Waals surface area contributed by atoms with Gasteiger partial charge in [0.05, 0.1) is 18.1 Å². The molecule has 0 radical (unpaired) electrons. The van der Waals surface area contributed by atoms with Crippen molar-refractivity contribution in [2.45, 2.75) is 9.92 Å². The summed E-state index contributed by atoms with van der Waals surface area (Å²) in [5, 5.41) is 12.7. The normalized spacial score (nSPS) is 11.1. The molecule has 0 unspecified atom stereocenters. The van der Waals surface area contributed by atoms with Crippen LogP contribution in [0.25, 0.3) is 16.7 Å². The van der Waals surface area contributed by atoms with Crippen LogP contribution in [0.4, 0.5) is 0 Å². The zero-order valence-corrected chi connectivity index (χ0v) is 12.5. The van der Waals surface area contributed by atoms with E-state index in [4.69, 9.17) is 4.74 Å². The van der Waals surface area contributed by atoms with E-state index < -0.39 is 0 Å². The Bertz CT molecular complexity index is 951. The van der Waals surface area contributed by atoms with Gasteiger partial charge in [-0.3, -0.25) is 0 Å². The number of hydrogen-bond donors (Lipinski definition) is 0. The first-order valence-corrected chi connectivity index (χ1v) is 7.45. The molecule has 0 N–H and O–H groups in total. The van der Waals surface area contributed by atoms with Crippen molar-refractivity contribution in [3.63, 3.8) is 0 Å². The van der Waals surface area contributed by atoms with Crippen molar-refractivity contribution in [1.82, 2.24) is 25.0 Å². The molecule has 0 spiro atoms. The molecule has 2 heterocycles. The largest absolute Gasteiger partial charge is 0.497 e. The van der Waals surface area contributed by atoms with E-state index in [1.165, 1.54) is 11.8 Å². The smallest absolute Gasteiger partial charge is 0.212 e. The maximum atomic E-state index is 5.17. The van der Waals surface area contributed by atoms with Crippen molar-refractivity contribution < 1.29 is 4.74 Å². The Morgan fingerprint density at radius 1 is 1.05 bits per heavy atom. The molecule has 6 nitrogen and oxygen atoms in total. The van der Waals surface area contributed by atoms with Crippen LogP contribution >= 0.6 is 11.8 Å². The van der Waals surface area contributed by atoms with Gasteiger partial charge in [0.1, 0.15) is 10.8 Å². The molecule has 0 aliphatic heterocycles. The molecule has 0 fully saturated rings. The molecular formula is C15H11N5OS. The van der Waals surface area contributed by atoms with E-state index in [2.05, 4.69) is 20.5 Å². The molecule has 4 rings (SSSR count). The quantitative estimate of drug-likeness (QED) is 0.580. The highest BCUT2D eigenvalue weighted by molar-refractivity contribution is 7.99. The van der Waals surface area contributed by atoms with Gasteiger partial charge in [0.2, 0.25) is 5.65 Å². The summed E-state index contributed by atoms with van der Waals surface area (Å²) in [6.45, 7) is 0. The summed E-state index contributed by atoms with van der Waals surface area (Å²) in [6, 6.07) is 15.6. The number of rotatable bonds is 3. The van der Waals surface area contributed by atoms with Crippen molar-refractivity contribution in [2.24, 2.45) is 0 Å². The molecule has 0 atom stereocenters. The molecule has 0 saturated heterocycles. The molecule has 0 bridgehead atoms. The molecule has 108 valence electrons. The molecule has 0 aliphatic carbocycles. The Hall–Kier alpha value is -2.67. The lowest BCUT2D eigenvalue weighted by atomic mass is 10.3. The predicted molar refractivity (Wildman–Crippen MR) is 83.2 cm³/mol. The van der Waals surface area contributed by atoms with Crippen LogP contribution in [0.5, 0.6) is 5.75 Å². The summed E-state index contributed by atoms with van der Waals surface area (Å²) in [5.41, 5.74) is 2.40. The topological polar surface area (TPSA) is 65.2 Å². The van der Waals surface area contributed by atoms with E-state index in [1.54, 1.807) is 11.6 Å². The maximum absolute atomic E-state index is 5.17. The first-order chi connectivity index (χ1) is 10.8. The van der Waals surface area contributed by atoms with E-state index >= 15 is 0 Å². The van der Waals surface area contributed by atoms with Gasteiger partial charge in [-0.25, -0.2) is 4.98 Å². The Balaban J connectivity index is 1.83. The Morgan fingerprint density at radius 2 is 1.86 bits per heavy atom. The maximum Gasteiger partial charge on any atom is 0.212 e. The van der Waals surface area contributed by atoms with E-state index in [9.17, 15) is 0 Å². The third-order valence-electron chi connectivity index (χ3n) is 3.27. The summed E-state index contributed by atoms with van der Waals surface area (Å²) in [7, 11) is 1.65. The lowest BCUT2D eigenvalue weighted by Crippen LogP contribution is -1.96. The number of benzene rings is 2. The van der Waals surface area contributed by atoms with Crippen LogP contribution in [0.1, 0.15) is 0 Å². The van der Waals surface area contributed by atoms with Crippen molar-refractivity contribution in [3.05, 3.63) is 48.5 Å². The van der Waals surface area contributed by atoms with E-state index in [1.807, 2.05) is 48.5 Å². The number of methoxy groups -OCH3 is 1. The van der Waals surface area contributed by atoms with E-state index in [0.29, 0.717) is 5.65 Å². The van der Waals surface area contributed by atoms with Gasteiger partial charge in [0, 0.05) is 4.90 Å². The van der Waals surface area contributed by atoms with Crippen molar-refractivity contribution in [2.75, 3.05) is 7.11 Å². The molecule has 0 amide bonds. The van der Waals surface area contributed by atoms with Crippen molar-refractivity contribution >= 4 is 28.4 Å². The van der Waals surface area contributed by atoms with Gasteiger partial charge in [-0.05, 0) is 46.8 Å². The van der Waals surface area contributed by atoms with Gasteiger partial charge in [-0.15, -0.1) is 5.10 Å². The van der Waals surface area contributed by atoms with Crippen LogP contribution in [-0.2, 0) is 0 Å². The van der Waals surface area contributed by atoms with Gasteiger partial charge in [-0.1, -0.05) is 23.9 Å². The minimum Gasteiger partial charge on any atom is -0.497 e. The second-order valence-electron chi connectivity index (χ2n) is 4.60. The molecule has 4 aromatic rings. The summed E-state index contributed by atoms with van der Waals surface area (Å²) in [6.07, 6.45) is 0. The average molecular weight is 309 g/mol. The van der Waals surface area contributed by atoms with Crippen molar-refractivity contribution in [1.29, 1.82) is 0 Å². The molecule has 2 aromatic carbocycles. The average Bonchev–Trinajstić information content (AvgIpc) is 3.06. The van der Waals surface area contributed by atoms with Gasteiger partial charge in [-0.2, -0.15) is 4.52 Å². The molecule has 0 saturated carbocycles. The highest BCUT2D eigenvalue weighted by atomic mass is 32.2. The van der Waals surface area contributed by atoms with E-state index in [0.717, 1.165) is 26.7 Å². The summed E-state index contributed by atoms with van der Waals surface area (Å²) < 4.78 is 6.89. The number of aromatic nitrogens is 5. The lowest BCUT2D eigenvalue weighted by Gasteiger charge is -2.05. The number of fused-ring (bicyclic) bond motifs is 3. The van der Waals surface area contributed by atoms with Gasteiger partial charge in [0.25, 0.3) is 0 Å². The third-order valence-corrected chi connectivity index (χ3v) is 4.24. The SMILES string of the molecule is COc1ccc(Sc2nc3ccccc3n3nnnc23)cc1. The highest BCUT2D eigenvalue weighted by Gasteiger charge is 2.12. The van der Waals surface area contributed by atoms with Crippen LogP contribution in [0.2, 0.25) is 0 Å². The Morgan fingerprint density at radius 3 is 2.68 bits per heavy atom. The Kier molecular flexibility index (Phi) is 3.12. The highest BCUT2D eigenvalue weighted by Crippen LogP contribution is 2.31. The molecule has 0 aliphatic rings. The Labute approximate surface area is 130 Å². The van der Waals surface area contributed by atoms with Crippen molar-refractivity contribution in [3.8, 4) is 5.75 Å². The van der Waals surface area contributed by atoms with Crippen LogP contribution in [0.15, 0.2) is 58.5 Å². The van der Waals surface area contributed by atoms with Crippen LogP contribution in [0, 0.1) is 0 Å². The fraction of sp³-hybridized carbons (Fsp3) is 0.0667. The first-order valence-electron chi connectivity index (χ1n) is 6.64. The number of nitrogens with zero attached hydrogens (tertiary/aromatic N) is 5. The van der Waals surface area contributed by atoms with Crippen LogP contribution < -0.4 is 4.74 Å². The van der Waals surface area contributed by atoms with Gasteiger partial charge >= 0.3 is 0 Å². The predicted octanol–water partition coefficient (Wildman–Crippen LogP) is 2.83. The molecular weight excluding hydrogens is 298 g/mol. The first kappa shape index (κ1) is 13.0. The zero-order valence-electron chi connectivity index (χ0n) is 11.7. The van der Waals surface area contributed by atoms with E-state index in [-0.39, 0.29) is 0 Å². The summed E-state index contributed by atoms with van der Waals surface area (Å²) in [4.78, 5) is 5.73. The molecule has 2 aromatic heterocycles. The molecule has 7 heteroatoms. The second kappa shape index (κ2) is 5.27. The number of hydrogen-bond acceptors (Lipinski definition) is 6. The summed E-state index contributed by atoms with van der Waals surface area (Å²) >= 11 is 1.53. The summed E-state index contributed by atoms with van der Waals surface area (Å²) in [5.74, 6) is 0.824. The van der Waals surface area contributed by atoms with Gasteiger partial charge in [0.15, 0.2) is 0 Å². The number of tetrazole rings is 1. The second-order valence-corrected chi connectivity index (χ2v) is 5.66. The monoisotopic (exact) mass is 309 g/mol. The lowest BCUT2D eigenvalue weighted by molar-refractivity contribution is 0.414. The fourth-order valence-electron chi connectivity index (χ4n) is 2.20. The van der Waals surface area contributed by atoms with Crippen LogP contribution in [-0.4, -0.2) is 32.1 Å². The van der Waals surface area contributed by atoms with Crippen LogP contribution in [0.3, 0.4) is 0 Å².